The van der Waals surface area contributed by atoms with Gasteiger partial charge in [-0.05, 0) is 58.2 Å². The van der Waals surface area contributed by atoms with Crippen molar-refractivity contribution in [3.8, 4) is 0 Å². The van der Waals surface area contributed by atoms with Crippen LogP contribution in [0.3, 0.4) is 0 Å². The molecule has 100 valence electrons. The lowest BCUT2D eigenvalue weighted by atomic mass is 10.1. The second-order valence-electron chi connectivity index (χ2n) is 4.21. The van der Waals surface area contributed by atoms with E-state index >= 15 is 0 Å². The summed E-state index contributed by atoms with van der Waals surface area (Å²) in [5.41, 5.74) is 1.88. The third kappa shape index (κ3) is 3.50. The molecule has 5 heteroatoms. The first kappa shape index (κ1) is 13.9. The summed E-state index contributed by atoms with van der Waals surface area (Å²) in [7, 11) is 0. The normalized spacial score (nSPS) is 10.6. The van der Waals surface area contributed by atoms with Gasteiger partial charge in [0.2, 0.25) is 0 Å². The third-order valence-corrected chi connectivity index (χ3v) is 3.28. The van der Waals surface area contributed by atoms with Crippen molar-refractivity contribution in [2.24, 2.45) is 0 Å². The summed E-state index contributed by atoms with van der Waals surface area (Å²) in [5, 5.41) is 2.96. The molecule has 0 amide bonds. The van der Waals surface area contributed by atoms with Gasteiger partial charge in [-0.2, -0.15) is 0 Å². The highest BCUT2D eigenvalue weighted by Crippen LogP contribution is 2.24. The van der Waals surface area contributed by atoms with Crippen LogP contribution in [0.25, 0.3) is 0 Å². The molecule has 0 saturated carbocycles. The van der Waals surface area contributed by atoms with E-state index in [-0.39, 0.29) is 6.54 Å². The molecule has 0 aliphatic carbocycles. The minimum Gasteiger partial charge on any atom is -0.381 e. The summed E-state index contributed by atoms with van der Waals surface area (Å²) in [6.45, 7) is 2.04. The number of rotatable bonds is 3. The first-order valence-electron chi connectivity index (χ1n) is 5.60. The lowest BCUT2D eigenvalue weighted by Gasteiger charge is -2.11. The predicted molar refractivity (Wildman–Crippen MR) is 72.5 cm³/mol. The number of hydrogen-bond acceptors (Lipinski definition) is 1. The van der Waals surface area contributed by atoms with Crippen molar-refractivity contribution in [1.29, 1.82) is 0 Å². The van der Waals surface area contributed by atoms with Crippen molar-refractivity contribution >= 4 is 21.6 Å². The first-order valence-corrected chi connectivity index (χ1v) is 6.39. The monoisotopic (exact) mass is 329 g/mol. The van der Waals surface area contributed by atoms with Crippen molar-refractivity contribution in [1.82, 2.24) is 0 Å². The van der Waals surface area contributed by atoms with Crippen LogP contribution in [0.5, 0.6) is 0 Å². The number of nitrogens with one attached hydrogen (secondary N) is 1. The Balaban J connectivity index is 2.16. The van der Waals surface area contributed by atoms with Gasteiger partial charge in [-0.15, -0.1) is 0 Å². The molecule has 0 saturated heterocycles. The molecule has 1 nitrogen and oxygen atoms in total. The van der Waals surface area contributed by atoms with Gasteiger partial charge in [0.25, 0.3) is 0 Å². The van der Waals surface area contributed by atoms with Gasteiger partial charge in [-0.3, -0.25) is 0 Å². The Hall–Kier alpha value is -1.49. The Morgan fingerprint density at radius 3 is 2.26 bits per heavy atom. The Labute approximate surface area is 117 Å². The second kappa shape index (κ2) is 5.65. The largest absolute Gasteiger partial charge is 0.381 e. The summed E-state index contributed by atoms with van der Waals surface area (Å²) in [6, 6.07) is 6.27. The summed E-state index contributed by atoms with van der Waals surface area (Å²) in [6.07, 6.45) is 0. The highest BCUT2D eigenvalue weighted by Gasteiger charge is 2.06. The minimum atomic E-state index is -0.629. The standard InChI is InChI=1S/C14H11BrF3N/c1-8-2-12(15)13(18)6-14(8)19-7-9-3-10(16)5-11(17)4-9/h2-6,19H,7H2,1H3. The summed E-state index contributed by atoms with van der Waals surface area (Å²) < 4.78 is 39.8. The quantitative estimate of drug-likeness (QED) is 0.853. The molecule has 0 heterocycles. The average molecular weight is 330 g/mol. The second-order valence-corrected chi connectivity index (χ2v) is 5.07. The average Bonchev–Trinajstić information content (AvgIpc) is 2.31. The van der Waals surface area contributed by atoms with Crippen molar-refractivity contribution in [3.05, 3.63) is 63.4 Å². The van der Waals surface area contributed by atoms with Gasteiger partial charge in [-0.25, -0.2) is 13.2 Å². The van der Waals surface area contributed by atoms with Crippen LogP contribution in [0.4, 0.5) is 18.9 Å². The van der Waals surface area contributed by atoms with Crippen LogP contribution in [0, 0.1) is 24.4 Å². The van der Waals surface area contributed by atoms with E-state index in [9.17, 15) is 13.2 Å². The molecule has 0 spiro atoms. The van der Waals surface area contributed by atoms with E-state index in [1.165, 1.54) is 18.2 Å². The number of aryl methyl sites for hydroxylation is 1. The Morgan fingerprint density at radius 1 is 1.00 bits per heavy atom. The topological polar surface area (TPSA) is 12.0 Å². The van der Waals surface area contributed by atoms with Crippen LogP contribution >= 0.6 is 15.9 Å². The fourth-order valence-corrected chi connectivity index (χ4v) is 2.20. The van der Waals surface area contributed by atoms with Crippen LogP contribution in [-0.4, -0.2) is 0 Å². The number of halogens is 4. The van der Waals surface area contributed by atoms with Crippen LogP contribution in [0.1, 0.15) is 11.1 Å². The van der Waals surface area contributed by atoms with Gasteiger partial charge in [0.15, 0.2) is 0 Å². The van der Waals surface area contributed by atoms with Crippen molar-refractivity contribution in [2.75, 3.05) is 5.32 Å². The molecule has 2 aromatic rings. The SMILES string of the molecule is Cc1cc(Br)c(F)cc1NCc1cc(F)cc(F)c1. The molecule has 0 bridgehead atoms. The predicted octanol–water partition coefficient (Wildman–Crippen LogP) is 4.79. The van der Waals surface area contributed by atoms with Gasteiger partial charge >= 0.3 is 0 Å². The molecule has 0 atom stereocenters. The van der Waals surface area contributed by atoms with Gasteiger partial charge in [0, 0.05) is 18.3 Å². The van der Waals surface area contributed by atoms with Gasteiger partial charge in [0.05, 0.1) is 4.47 Å². The van der Waals surface area contributed by atoms with E-state index in [0.717, 1.165) is 11.6 Å². The molecular weight excluding hydrogens is 319 g/mol. The van der Waals surface area contributed by atoms with E-state index in [2.05, 4.69) is 21.2 Å². The highest BCUT2D eigenvalue weighted by molar-refractivity contribution is 9.10. The first-order chi connectivity index (χ1) is 8.95. The summed E-state index contributed by atoms with van der Waals surface area (Å²) in [5.74, 6) is -1.65. The van der Waals surface area contributed by atoms with Crippen molar-refractivity contribution < 1.29 is 13.2 Å². The van der Waals surface area contributed by atoms with E-state index in [0.29, 0.717) is 15.7 Å². The Kier molecular flexibility index (Phi) is 4.14. The van der Waals surface area contributed by atoms with Crippen molar-refractivity contribution in [3.63, 3.8) is 0 Å². The maximum absolute atomic E-state index is 13.4. The zero-order valence-corrected chi connectivity index (χ0v) is 11.7. The molecule has 0 radical (unpaired) electrons. The molecule has 2 rings (SSSR count). The van der Waals surface area contributed by atoms with Gasteiger partial charge in [-0.1, -0.05) is 0 Å². The van der Waals surface area contributed by atoms with Crippen molar-refractivity contribution in [2.45, 2.75) is 13.5 Å². The van der Waals surface area contributed by atoms with E-state index in [1.54, 1.807) is 6.07 Å². The highest BCUT2D eigenvalue weighted by atomic mass is 79.9. The van der Waals surface area contributed by atoms with E-state index < -0.39 is 17.5 Å². The number of benzene rings is 2. The maximum atomic E-state index is 13.4. The van der Waals surface area contributed by atoms with E-state index in [1.807, 2.05) is 6.92 Å². The fraction of sp³-hybridized carbons (Fsp3) is 0.143. The molecular formula is C14H11BrF3N. The third-order valence-electron chi connectivity index (χ3n) is 2.67. The smallest absolute Gasteiger partial charge is 0.139 e. The molecule has 0 aliphatic rings. The van der Waals surface area contributed by atoms with Crippen LogP contribution < -0.4 is 5.32 Å². The molecule has 19 heavy (non-hydrogen) atoms. The van der Waals surface area contributed by atoms with Crippen LogP contribution in [0.15, 0.2) is 34.8 Å². The Morgan fingerprint density at radius 2 is 1.63 bits per heavy atom. The molecule has 0 fully saturated rings. The van der Waals surface area contributed by atoms with Crippen LogP contribution in [-0.2, 0) is 6.54 Å². The zero-order valence-electron chi connectivity index (χ0n) is 10.1. The molecule has 0 aromatic heterocycles. The lowest BCUT2D eigenvalue weighted by molar-refractivity contribution is 0.580. The fourth-order valence-electron chi connectivity index (χ4n) is 1.75. The summed E-state index contributed by atoms with van der Waals surface area (Å²) >= 11 is 3.09. The molecule has 1 N–H and O–H groups in total. The zero-order chi connectivity index (χ0) is 14.0. The van der Waals surface area contributed by atoms with E-state index in [4.69, 9.17) is 0 Å². The molecule has 2 aromatic carbocycles. The minimum absolute atomic E-state index is 0.219. The number of anilines is 1. The van der Waals surface area contributed by atoms with Gasteiger partial charge < -0.3 is 5.32 Å². The summed E-state index contributed by atoms with van der Waals surface area (Å²) in [4.78, 5) is 0. The molecule has 0 aliphatic heterocycles. The van der Waals surface area contributed by atoms with Crippen LogP contribution in [0.2, 0.25) is 0 Å². The number of hydrogen-bond donors (Lipinski definition) is 1. The Bertz CT molecular complexity index is 594. The van der Waals surface area contributed by atoms with Gasteiger partial charge in [0.1, 0.15) is 17.5 Å². The lowest BCUT2D eigenvalue weighted by Crippen LogP contribution is -2.02. The maximum Gasteiger partial charge on any atom is 0.139 e. The molecule has 0 unspecified atom stereocenters.